The number of ether oxygens (including phenoxy) is 1. The zero-order valence-electron chi connectivity index (χ0n) is 8.99. The third-order valence-electron chi connectivity index (χ3n) is 2.11. The zero-order valence-corrected chi connectivity index (χ0v) is 8.99. The summed E-state index contributed by atoms with van der Waals surface area (Å²) in [5.41, 5.74) is 0.691. The van der Waals surface area contributed by atoms with Gasteiger partial charge in [-0.1, -0.05) is 6.92 Å². The van der Waals surface area contributed by atoms with E-state index in [0.717, 1.165) is 6.42 Å². The van der Waals surface area contributed by atoms with Crippen LogP contribution in [-0.4, -0.2) is 22.3 Å². The monoisotopic (exact) mass is 218 g/mol. The van der Waals surface area contributed by atoms with Gasteiger partial charge in [0.05, 0.1) is 18.4 Å². The average Bonchev–Trinajstić information content (AvgIpc) is 2.61. The Morgan fingerprint density at radius 3 is 2.87 bits per heavy atom. The number of hydrogen-bond acceptors (Lipinski definition) is 2. The topological polar surface area (TPSA) is 27.1 Å². The van der Waals surface area contributed by atoms with Crippen molar-refractivity contribution < 1.29 is 13.5 Å². The van der Waals surface area contributed by atoms with Crippen molar-refractivity contribution in [3.8, 4) is 0 Å². The van der Waals surface area contributed by atoms with Gasteiger partial charge >= 0.3 is 0 Å². The fourth-order valence-corrected chi connectivity index (χ4v) is 1.07. The number of hydrogen-bond donors (Lipinski definition) is 0. The minimum Gasteiger partial charge on any atom is -0.372 e. The van der Waals surface area contributed by atoms with Crippen molar-refractivity contribution in [1.29, 1.82) is 0 Å². The van der Waals surface area contributed by atoms with E-state index in [1.54, 1.807) is 12.3 Å². The third kappa shape index (κ3) is 4.38. The average molecular weight is 218 g/mol. The molecular weight excluding hydrogens is 202 g/mol. The van der Waals surface area contributed by atoms with Crippen LogP contribution in [0, 0.1) is 0 Å². The number of rotatable bonds is 6. The molecule has 3 nitrogen and oxygen atoms in total. The second-order valence-corrected chi connectivity index (χ2v) is 3.45. The van der Waals surface area contributed by atoms with E-state index in [1.807, 2.05) is 13.8 Å². The molecule has 0 spiro atoms. The third-order valence-corrected chi connectivity index (χ3v) is 2.11. The van der Waals surface area contributed by atoms with Gasteiger partial charge in [0, 0.05) is 6.20 Å². The van der Waals surface area contributed by atoms with Crippen molar-refractivity contribution >= 4 is 0 Å². The van der Waals surface area contributed by atoms with Gasteiger partial charge in [-0.05, 0) is 19.4 Å². The van der Waals surface area contributed by atoms with Crippen LogP contribution in [-0.2, 0) is 17.9 Å². The molecule has 0 amide bonds. The predicted octanol–water partition coefficient (Wildman–Crippen LogP) is 2.46. The number of alkyl halides is 2. The highest BCUT2D eigenvalue weighted by atomic mass is 19.3. The van der Waals surface area contributed by atoms with Gasteiger partial charge in [-0.25, -0.2) is 8.78 Å². The molecule has 0 saturated heterocycles. The van der Waals surface area contributed by atoms with Crippen LogP contribution < -0.4 is 0 Å². The molecule has 0 aliphatic heterocycles. The Kier molecular flexibility index (Phi) is 4.68. The van der Waals surface area contributed by atoms with Gasteiger partial charge in [-0.2, -0.15) is 5.10 Å². The summed E-state index contributed by atoms with van der Waals surface area (Å²) >= 11 is 0. The molecule has 0 fully saturated rings. The molecule has 0 radical (unpaired) electrons. The van der Waals surface area contributed by atoms with E-state index in [0.29, 0.717) is 12.3 Å². The largest absolute Gasteiger partial charge is 0.372 e. The van der Waals surface area contributed by atoms with E-state index in [1.165, 1.54) is 4.68 Å². The molecule has 0 aromatic carbocycles. The van der Waals surface area contributed by atoms with Crippen LogP contribution in [0.5, 0.6) is 0 Å². The molecule has 0 aliphatic rings. The van der Waals surface area contributed by atoms with Gasteiger partial charge in [0.15, 0.2) is 0 Å². The SMILES string of the molecule is CCC(C)OCc1ccn(CC(F)F)n1. The summed E-state index contributed by atoms with van der Waals surface area (Å²) in [5, 5.41) is 3.97. The molecule has 1 rings (SSSR count). The second kappa shape index (κ2) is 5.80. The lowest BCUT2D eigenvalue weighted by molar-refractivity contribution is 0.0481. The molecule has 1 atom stereocenters. The normalized spacial score (nSPS) is 13.4. The quantitative estimate of drug-likeness (QED) is 0.733. The van der Waals surface area contributed by atoms with Crippen LogP contribution in [0.15, 0.2) is 12.3 Å². The van der Waals surface area contributed by atoms with Crippen LogP contribution in [0.4, 0.5) is 8.78 Å². The lowest BCUT2D eigenvalue weighted by Crippen LogP contribution is -2.09. The highest BCUT2D eigenvalue weighted by Gasteiger charge is 2.06. The Morgan fingerprint density at radius 1 is 1.53 bits per heavy atom. The predicted molar refractivity (Wildman–Crippen MR) is 52.8 cm³/mol. The minimum atomic E-state index is -2.37. The Balaban J connectivity index is 2.39. The summed E-state index contributed by atoms with van der Waals surface area (Å²) in [4.78, 5) is 0. The number of aromatic nitrogens is 2. The number of halogens is 2. The van der Waals surface area contributed by atoms with Crippen molar-refractivity contribution in [2.45, 2.75) is 45.9 Å². The molecular formula is C10H16F2N2O. The molecule has 0 aliphatic carbocycles. The Labute approximate surface area is 88.0 Å². The van der Waals surface area contributed by atoms with Crippen molar-refractivity contribution in [2.75, 3.05) is 0 Å². The van der Waals surface area contributed by atoms with Crippen LogP contribution >= 0.6 is 0 Å². The summed E-state index contributed by atoms with van der Waals surface area (Å²) < 4.78 is 30.7. The van der Waals surface area contributed by atoms with Gasteiger partial charge in [0.2, 0.25) is 0 Å². The second-order valence-electron chi connectivity index (χ2n) is 3.45. The van der Waals surface area contributed by atoms with Gasteiger partial charge in [0.1, 0.15) is 6.54 Å². The molecule has 1 unspecified atom stereocenters. The first-order chi connectivity index (χ1) is 7.11. The maximum Gasteiger partial charge on any atom is 0.257 e. The minimum absolute atomic E-state index is 0.172. The maximum absolute atomic E-state index is 12.0. The first-order valence-electron chi connectivity index (χ1n) is 5.04. The van der Waals surface area contributed by atoms with Crippen LogP contribution in [0.3, 0.4) is 0 Å². The van der Waals surface area contributed by atoms with E-state index in [9.17, 15) is 8.78 Å². The van der Waals surface area contributed by atoms with E-state index in [-0.39, 0.29) is 12.6 Å². The molecule has 0 saturated carbocycles. The lowest BCUT2D eigenvalue weighted by Gasteiger charge is -2.08. The first kappa shape index (κ1) is 12.1. The Bertz CT molecular complexity index is 289. The van der Waals surface area contributed by atoms with E-state index in [2.05, 4.69) is 5.10 Å². The van der Waals surface area contributed by atoms with Crippen LogP contribution in [0.2, 0.25) is 0 Å². The van der Waals surface area contributed by atoms with E-state index >= 15 is 0 Å². The highest BCUT2D eigenvalue weighted by molar-refractivity contribution is 4.97. The smallest absolute Gasteiger partial charge is 0.257 e. The molecule has 1 aromatic rings. The summed E-state index contributed by atoms with van der Waals surface area (Å²) in [6.07, 6.45) is 0.276. The van der Waals surface area contributed by atoms with Crippen molar-refractivity contribution in [1.82, 2.24) is 9.78 Å². The zero-order chi connectivity index (χ0) is 11.3. The first-order valence-corrected chi connectivity index (χ1v) is 5.04. The Hall–Kier alpha value is -0.970. The van der Waals surface area contributed by atoms with Crippen molar-refractivity contribution in [2.24, 2.45) is 0 Å². The van der Waals surface area contributed by atoms with Crippen molar-refractivity contribution in [3.05, 3.63) is 18.0 Å². The summed E-state index contributed by atoms with van der Waals surface area (Å²) in [6.45, 7) is 4.02. The molecule has 0 N–H and O–H groups in total. The van der Waals surface area contributed by atoms with Crippen LogP contribution in [0.1, 0.15) is 26.0 Å². The van der Waals surface area contributed by atoms with Crippen molar-refractivity contribution in [3.63, 3.8) is 0 Å². The standard InChI is InChI=1S/C10H16F2N2O/c1-3-8(2)15-7-9-4-5-14(13-9)6-10(11)12/h4-5,8,10H,3,6-7H2,1-2H3. The summed E-state index contributed by atoms with van der Waals surface area (Å²) in [5.74, 6) is 0. The molecule has 1 aromatic heterocycles. The van der Waals surface area contributed by atoms with E-state index < -0.39 is 6.43 Å². The van der Waals surface area contributed by atoms with Gasteiger partial charge < -0.3 is 4.74 Å². The summed E-state index contributed by atoms with van der Waals surface area (Å²) in [6, 6.07) is 1.70. The Morgan fingerprint density at radius 2 is 2.27 bits per heavy atom. The summed E-state index contributed by atoms with van der Waals surface area (Å²) in [7, 11) is 0. The highest BCUT2D eigenvalue weighted by Crippen LogP contribution is 2.04. The fraction of sp³-hybridized carbons (Fsp3) is 0.700. The number of nitrogens with zero attached hydrogens (tertiary/aromatic N) is 2. The maximum atomic E-state index is 12.0. The lowest BCUT2D eigenvalue weighted by atomic mass is 10.3. The molecule has 5 heteroatoms. The van der Waals surface area contributed by atoms with Gasteiger partial charge in [-0.15, -0.1) is 0 Å². The van der Waals surface area contributed by atoms with Gasteiger partial charge in [-0.3, -0.25) is 4.68 Å². The molecule has 1 heterocycles. The molecule has 15 heavy (non-hydrogen) atoms. The van der Waals surface area contributed by atoms with E-state index in [4.69, 9.17) is 4.74 Å². The molecule has 0 bridgehead atoms. The van der Waals surface area contributed by atoms with Gasteiger partial charge in [0.25, 0.3) is 6.43 Å². The molecule has 86 valence electrons. The fourth-order valence-electron chi connectivity index (χ4n) is 1.07. The van der Waals surface area contributed by atoms with Crippen LogP contribution in [0.25, 0.3) is 0 Å².